The monoisotopic (exact) mass is 376 g/mol. The topological polar surface area (TPSA) is 78.1 Å². The highest BCUT2D eigenvalue weighted by Gasteiger charge is 2.25. The van der Waals surface area contributed by atoms with Gasteiger partial charge in [-0.3, -0.25) is 14.5 Å². The third-order valence-electron chi connectivity index (χ3n) is 5.31. The third-order valence-corrected chi connectivity index (χ3v) is 5.31. The summed E-state index contributed by atoms with van der Waals surface area (Å²) in [6.45, 7) is 4.02. The standard InChI is InChI=1S/C22H24N4O2/c1-15(27)17-5-4-6-18(13-17)23-22(28)16-9-11-26(12-10-16)14-21-24-19-7-2-3-8-20(19)25-21/h2-8,13,16H,9-12,14H2,1H3,(H,23,28)(H,24,25). The number of ketones is 1. The summed E-state index contributed by atoms with van der Waals surface area (Å²) in [5, 5.41) is 2.96. The summed E-state index contributed by atoms with van der Waals surface area (Å²) in [7, 11) is 0. The van der Waals surface area contributed by atoms with Crippen molar-refractivity contribution >= 4 is 28.4 Å². The molecule has 1 fully saturated rings. The number of hydrogen-bond acceptors (Lipinski definition) is 4. The number of piperidine rings is 1. The lowest BCUT2D eigenvalue weighted by atomic mass is 9.95. The van der Waals surface area contributed by atoms with Gasteiger partial charge in [-0.05, 0) is 57.1 Å². The van der Waals surface area contributed by atoms with Crippen LogP contribution in [0.3, 0.4) is 0 Å². The number of fused-ring (bicyclic) bond motifs is 1. The van der Waals surface area contributed by atoms with Crippen molar-refractivity contribution in [2.75, 3.05) is 18.4 Å². The lowest BCUT2D eigenvalue weighted by molar-refractivity contribution is -0.121. The fraction of sp³-hybridized carbons (Fsp3) is 0.318. The summed E-state index contributed by atoms with van der Waals surface area (Å²) < 4.78 is 0. The molecule has 2 N–H and O–H groups in total. The van der Waals surface area contributed by atoms with Crippen LogP contribution in [0.5, 0.6) is 0 Å². The summed E-state index contributed by atoms with van der Waals surface area (Å²) >= 11 is 0. The first-order valence-electron chi connectivity index (χ1n) is 9.66. The molecule has 0 spiro atoms. The third kappa shape index (κ3) is 4.12. The predicted octanol–water partition coefficient (Wildman–Crippen LogP) is 3.62. The molecule has 1 aliphatic rings. The molecule has 4 rings (SSSR count). The van der Waals surface area contributed by atoms with Gasteiger partial charge in [0.2, 0.25) is 5.91 Å². The predicted molar refractivity (Wildman–Crippen MR) is 109 cm³/mol. The lowest BCUT2D eigenvalue weighted by Crippen LogP contribution is -2.38. The number of nitrogens with one attached hydrogen (secondary N) is 2. The minimum absolute atomic E-state index is 0.00463. The van der Waals surface area contributed by atoms with Crippen molar-refractivity contribution in [3.05, 3.63) is 59.9 Å². The number of carbonyl (C=O) groups excluding carboxylic acids is 2. The molecule has 2 aromatic carbocycles. The summed E-state index contributed by atoms with van der Waals surface area (Å²) in [6.07, 6.45) is 1.64. The maximum atomic E-state index is 12.6. The Kier molecular flexibility index (Phi) is 5.21. The Morgan fingerprint density at radius 1 is 1.14 bits per heavy atom. The van der Waals surface area contributed by atoms with Gasteiger partial charge in [0.15, 0.2) is 5.78 Å². The van der Waals surface area contributed by atoms with E-state index in [2.05, 4.69) is 20.2 Å². The molecule has 0 bridgehead atoms. The second-order valence-corrected chi connectivity index (χ2v) is 7.38. The number of nitrogens with zero attached hydrogens (tertiary/aromatic N) is 2. The number of para-hydroxylation sites is 2. The zero-order valence-corrected chi connectivity index (χ0v) is 15.9. The van der Waals surface area contributed by atoms with E-state index in [0.717, 1.165) is 49.3 Å². The second kappa shape index (κ2) is 7.94. The molecule has 0 unspecified atom stereocenters. The first-order valence-corrected chi connectivity index (χ1v) is 9.66. The number of H-pyrrole nitrogens is 1. The number of imidazole rings is 1. The molecule has 1 saturated heterocycles. The van der Waals surface area contributed by atoms with Crippen LogP contribution in [0.2, 0.25) is 0 Å². The summed E-state index contributed by atoms with van der Waals surface area (Å²) in [4.78, 5) is 34.4. The van der Waals surface area contributed by atoms with Gasteiger partial charge in [0.05, 0.1) is 17.6 Å². The van der Waals surface area contributed by atoms with Gasteiger partial charge in [-0.2, -0.15) is 0 Å². The Bertz CT molecular complexity index is 969. The quantitative estimate of drug-likeness (QED) is 0.667. The van der Waals surface area contributed by atoms with Gasteiger partial charge in [0, 0.05) is 17.2 Å². The molecule has 0 atom stereocenters. The molecule has 28 heavy (non-hydrogen) atoms. The van der Waals surface area contributed by atoms with Crippen LogP contribution in [0.25, 0.3) is 11.0 Å². The zero-order valence-electron chi connectivity index (χ0n) is 15.9. The molecule has 2 heterocycles. The van der Waals surface area contributed by atoms with Gasteiger partial charge in [0.25, 0.3) is 0 Å². The number of rotatable bonds is 5. The van der Waals surface area contributed by atoms with Crippen LogP contribution in [0.1, 0.15) is 35.9 Å². The van der Waals surface area contributed by atoms with Crippen molar-refractivity contribution < 1.29 is 9.59 Å². The van der Waals surface area contributed by atoms with Crippen molar-refractivity contribution in [3.8, 4) is 0 Å². The Balaban J connectivity index is 1.31. The molecule has 3 aromatic rings. The molecule has 1 amide bonds. The maximum Gasteiger partial charge on any atom is 0.227 e. The molecule has 0 radical (unpaired) electrons. The van der Waals surface area contributed by atoms with Crippen molar-refractivity contribution in [3.63, 3.8) is 0 Å². The van der Waals surface area contributed by atoms with E-state index in [1.807, 2.05) is 30.3 Å². The zero-order chi connectivity index (χ0) is 19.5. The molecule has 144 valence electrons. The highest BCUT2D eigenvalue weighted by atomic mass is 16.2. The molecule has 6 nitrogen and oxygen atoms in total. The molecule has 1 aliphatic heterocycles. The first kappa shape index (κ1) is 18.4. The summed E-state index contributed by atoms with van der Waals surface area (Å²) in [5.74, 6) is 0.983. The Hall–Kier alpha value is -2.99. The van der Waals surface area contributed by atoms with Crippen molar-refractivity contribution in [1.29, 1.82) is 0 Å². The number of aromatic nitrogens is 2. The number of anilines is 1. The average Bonchev–Trinajstić information content (AvgIpc) is 3.11. The minimum atomic E-state index is -0.00657. The van der Waals surface area contributed by atoms with Crippen molar-refractivity contribution in [2.45, 2.75) is 26.3 Å². The molecular weight excluding hydrogens is 352 g/mol. The number of carbonyl (C=O) groups is 2. The minimum Gasteiger partial charge on any atom is -0.341 e. The average molecular weight is 376 g/mol. The Morgan fingerprint density at radius 2 is 1.93 bits per heavy atom. The van der Waals surface area contributed by atoms with Crippen molar-refractivity contribution in [1.82, 2.24) is 14.9 Å². The Morgan fingerprint density at radius 3 is 2.68 bits per heavy atom. The SMILES string of the molecule is CC(=O)c1cccc(NC(=O)C2CCN(Cc3nc4ccccc4[nH]3)CC2)c1. The normalized spacial score (nSPS) is 15.6. The summed E-state index contributed by atoms with van der Waals surface area (Å²) in [6, 6.07) is 15.1. The number of likely N-dealkylation sites (tertiary alicyclic amines) is 1. The molecular formula is C22H24N4O2. The van der Waals surface area contributed by atoms with E-state index >= 15 is 0 Å². The van der Waals surface area contributed by atoms with Crippen LogP contribution in [0.4, 0.5) is 5.69 Å². The lowest BCUT2D eigenvalue weighted by Gasteiger charge is -2.30. The van der Waals surface area contributed by atoms with E-state index in [-0.39, 0.29) is 17.6 Å². The number of amides is 1. The van der Waals surface area contributed by atoms with E-state index in [4.69, 9.17) is 0 Å². The van der Waals surface area contributed by atoms with Crippen LogP contribution < -0.4 is 5.32 Å². The van der Waals surface area contributed by atoms with Gasteiger partial charge in [0.1, 0.15) is 5.82 Å². The van der Waals surface area contributed by atoms with Crippen LogP contribution in [0, 0.1) is 5.92 Å². The number of hydrogen-bond donors (Lipinski definition) is 2. The second-order valence-electron chi connectivity index (χ2n) is 7.38. The molecule has 0 aliphatic carbocycles. The van der Waals surface area contributed by atoms with E-state index < -0.39 is 0 Å². The van der Waals surface area contributed by atoms with Crippen LogP contribution >= 0.6 is 0 Å². The fourth-order valence-electron chi connectivity index (χ4n) is 3.71. The van der Waals surface area contributed by atoms with Gasteiger partial charge in [-0.15, -0.1) is 0 Å². The number of Topliss-reactive ketones (excluding diaryl/α,β-unsaturated/α-hetero) is 1. The smallest absolute Gasteiger partial charge is 0.227 e. The number of aromatic amines is 1. The van der Waals surface area contributed by atoms with Gasteiger partial charge >= 0.3 is 0 Å². The highest BCUT2D eigenvalue weighted by Crippen LogP contribution is 2.22. The highest BCUT2D eigenvalue weighted by molar-refractivity contribution is 5.97. The van der Waals surface area contributed by atoms with Crippen molar-refractivity contribution in [2.24, 2.45) is 5.92 Å². The van der Waals surface area contributed by atoms with Gasteiger partial charge in [-0.1, -0.05) is 24.3 Å². The molecule has 0 saturated carbocycles. The van der Waals surface area contributed by atoms with Crippen LogP contribution in [-0.2, 0) is 11.3 Å². The largest absolute Gasteiger partial charge is 0.341 e. The maximum absolute atomic E-state index is 12.6. The van der Waals surface area contributed by atoms with E-state index in [1.165, 1.54) is 6.92 Å². The van der Waals surface area contributed by atoms with E-state index in [1.54, 1.807) is 18.2 Å². The fourth-order valence-corrected chi connectivity index (χ4v) is 3.71. The molecule has 1 aromatic heterocycles. The molecule has 6 heteroatoms. The summed E-state index contributed by atoms with van der Waals surface area (Å²) in [5.41, 5.74) is 3.33. The first-order chi connectivity index (χ1) is 13.6. The Labute approximate surface area is 164 Å². The van der Waals surface area contributed by atoms with Crippen LogP contribution in [-0.4, -0.2) is 39.6 Å². The van der Waals surface area contributed by atoms with E-state index in [9.17, 15) is 9.59 Å². The van der Waals surface area contributed by atoms with E-state index in [0.29, 0.717) is 11.3 Å². The van der Waals surface area contributed by atoms with Gasteiger partial charge in [-0.25, -0.2) is 4.98 Å². The van der Waals surface area contributed by atoms with Crippen LogP contribution in [0.15, 0.2) is 48.5 Å². The number of benzene rings is 2. The van der Waals surface area contributed by atoms with Gasteiger partial charge < -0.3 is 10.3 Å².